The Balaban J connectivity index is 0.000000179. The number of hydrogen-bond acceptors (Lipinski definition) is 16. The van der Waals surface area contributed by atoms with Gasteiger partial charge in [-0.1, -0.05) is 50.7 Å². The van der Waals surface area contributed by atoms with Crippen LogP contribution in [-0.4, -0.2) is 203 Å². The number of fused-ring (bicyclic) bond motifs is 10. The van der Waals surface area contributed by atoms with E-state index in [1.807, 2.05) is 60.7 Å². The number of carbonyl (C=O) groups is 5. The van der Waals surface area contributed by atoms with E-state index in [0.717, 1.165) is 115 Å². The van der Waals surface area contributed by atoms with Crippen molar-refractivity contribution in [3.05, 3.63) is 173 Å². The van der Waals surface area contributed by atoms with Gasteiger partial charge in [0.15, 0.2) is 0 Å². The van der Waals surface area contributed by atoms with Crippen molar-refractivity contribution in [1.82, 2.24) is 56.2 Å². The molecule has 5 aromatic heterocycles. The van der Waals surface area contributed by atoms with E-state index < -0.39 is 26.4 Å². The number of benzene rings is 4. The molecule has 0 atom stereocenters. The van der Waals surface area contributed by atoms with E-state index >= 15 is 0 Å². The lowest BCUT2D eigenvalue weighted by molar-refractivity contribution is -0.127. The third-order valence-corrected chi connectivity index (χ3v) is 21.7. The molecule has 28 nitrogen and oxygen atoms in total. The normalized spacial score (nSPS) is 14.7. The number of ether oxygens (including phenoxy) is 4. The number of carboxylic acid groups (broad SMARTS) is 1. The van der Waals surface area contributed by atoms with Crippen molar-refractivity contribution >= 4 is 84.1 Å². The third-order valence-electron chi connectivity index (χ3n) is 19.6. The largest absolute Gasteiger partial charge is 0.497 e. The number of nitrogens with zero attached hydrogens (tertiary/aromatic N) is 12. The second kappa shape index (κ2) is 33.2. The van der Waals surface area contributed by atoms with Crippen LogP contribution in [0.25, 0.3) is 56.5 Å². The molecule has 550 valence electrons. The number of nitrogens with two attached hydrogens (primary N) is 2. The second-order valence-corrected chi connectivity index (χ2v) is 29.6. The van der Waals surface area contributed by atoms with E-state index in [1.165, 1.54) is 70.7 Å². The third kappa shape index (κ3) is 17.1. The highest BCUT2D eigenvalue weighted by atomic mass is 32.2. The Hall–Kier alpha value is -9.92. The molecule has 30 heteroatoms. The van der Waals surface area contributed by atoms with Crippen LogP contribution in [0.3, 0.4) is 0 Å². The van der Waals surface area contributed by atoms with Gasteiger partial charge >= 0.3 is 12.0 Å². The first kappa shape index (κ1) is 75.2. The number of aromatic carboxylic acids is 1. The van der Waals surface area contributed by atoms with Crippen LogP contribution >= 0.6 is 0 Å². The molecule has 7 heterocycles. The number of hydrogen-bond donors (Lipinski definition) is 3. The molecule has 2 fully saturated rings. The smallest absolute Gasteiger partial charge is 0.338 e. The maximum absolute atomic E-state index is 14.1. The lowest BCUT2D eigenvalue weighted by Crippen LogP contribution is -2.36. The van der Waals surface area contributed by atoms with Crippen LogP contribution in [0.5, 0.6) is 11.5 Å². The van der Waals surface area contributed by atoms with Gasteiger partial charge in [0.05, 0.1) is 70.7 Å². The summed E-state index contributed by atoms with van der Waals surface area (Å²) in [6, 6.07) is 22.9. The number of likely N-dealkylation sites (N-methyl/N-ethyl adjacent to an activating group) is 4. The molecule has 104 heavy (non-hydrogen) atoms. The van der Waals surface area contributed by atoms with Crippen LogP contribution in [0.2, 0.25) is 0 Å². The highest BCUT2D eigenvalue weighted by Crippen LogP contribution is 2.49. The molecule has 2 aliphatic carbocycles. The molecular weight excluding hydrogens is 1370 g/mol. The SMILES string of the molecule is COc1ccc2c(c1)C=C(C(=O)N(C)CCOCCN(C)S(N)(=O)=O)Cn1c-2c(C2CCCCC2)c2ccc(C(=O)O)cc21.COc1ccc2c(c1)C=C(C(=O)N(C)CCOCCN(C)S(N)(=O)=O)Cn1c-2c(C2CCCCC2)c2ccc(C(=O)n3ccnc3)cc21.O=C(n1ccnc1)n1ccnc1. The van der Waals surface area contributed by atoms with E-state index in [-0.39, 0.29) is 81.9 Å². The topological polar surface area (TPSA) is 339 Å². The lowest BCUT2D eigenvalue weighted by Gasteiger charge is -2.24. The minimum absolute atomic E-state index is 0.103. The van der Waals surface area contributed by atoms with Gasteiger partial charge in [-0.3, -0.25) is 28.1 Å². The molecular formula is C74H88N14O14S2. The summed E-state index contributed by atoms with van der Waals surface area (Å²) in [7, 11) is 1.86. The van der Waals surface area contributed by atoms with E-state index in [1.54, 1.807) is 87.4 Å². The van der Waals surface area contributed by atoms with E-state index in [2.05, 4.69) is 36.2 Å². The zero-order valence-electron chi connectivity index (χ0n) is 59.2. The van der Waals surface area contributed by atoms with Crippen molar-refractivity contribution in [2.45, 2.75) is 89.1 Å². The monoisotopic (exact) mass is 1460 g/mol. The average Bonchev–Trinajstić information content (AvgIpc) is 1.58. The van der Waals surface area contributed by atoms with E-state index in [9.17, 15) is 45.9 Å². The van der Waals surface area contributed by atoms with Gasteiger partial charge in [0.2, 0.25) is 0 Å². The number of rotatable bonds is 22. The van der Waals surface area contributed by atoms with Gasteiger partial charge in [-0.15, -0.1) is 0 Å². The zero-order valence-corrected chi connectivity index (χ0v) is 60.8. The highest BCUT2D eigenvalue weighted by Gasteiger charge is 2.34. The molecule has 0 spiro atoms. The Morgan fingerprint density at radius 2 is 0.913 bits per heavy atom. The summed E-state index contributed by atoms with van der Waals surface area (Å²) in [5.74, 6) is 0.537. The molecule has 2 saturated carbocycles. The van der Waals surface area contributed by atoms with Crippen LogP contribution in [0.4, 0.5) is 4.79 Å². The number of amides is 2. The number of methoxy groups -OCH3 is 2. The fraction of sp³-hybridized carbons (Fsp3) is 0.378. The number of carbonyl (C=O) groups excluding carboxylic acids is 4. The van der Waals surface area contributed by atoms with Crippen molar-refractivity contribution in [3.63, 3.8) is 0 Å². The van der Waals surface area contributed by atoms with Crippen molar-refractivity contribution in [1.29, 1.82) is 0 Å². The Morgan fingerprint density at radius 1 is 0.519 bits per heavy atom. The summed E-state index contributed by atoms with van der Waals surface area (Å²) < 4.78 is 78.6. The fourth-order valence-electron chi connectivity index (χ4n) is 14.0. The summed E-state index contributed by atoms with van der Waals surface area (Å²) in [4.78, 5) is 79.6. The standard InChI is InChI=1S/C35H42N6O6S.C32H40N4O7S.C7H6N4O/c1-38(15-17-47-18-16-39(2)48(36,44)45)34(42)27-19-26-20-28(46-3)10-12-29(26)33-32(24-7-5-4-6-8-24)30-11-9-25(21-31(30)41(33)22-27)35(43)40-14-13-37-23-40;1-34(13-15-43-16-14-35(2)44(33,40)41)31(37)24-17-23-18-25(42-3)10-12-26(23)30-29(21-7-5-4-6-8-21)27-11-9-22(32(38)39)19-28(27)36(30)20-24;12-7(10-3-1-8-5-10)11-4-2-9-6-11/h9-14,19-21,23-24H,4-8,15-18,22H2,1-3H3,(H2,36,44,45);9-12,17-19,21H,4-8,13-16,20H2,1-3H3,(H,38,39)(H2,33,40,41);1-6H. The number of imidazole rings is 3. The van der Waals surface area contributed by atoms with Crippen molar-refractivity contribution in [2.24, 2.45) is 10.3 Å². The van der Waals surface area contributed by atoms with Crippen molar-refractivity contribution in [3.8, 4) is 34.0 Å². The summed E-state index contributed by atoms with van der Waals surface area (Å²) in [5, 5.41) is 22.2. The first-order valence-corrected chi connectivity index (χ1v) is 37.5. The maximum atomic E-state index is 14.1. The second-order valence-electron chi connectivity index (χ2n) is 26.3. The molecule has 0 unspecified atom stereocenters. The molecule has 2 aliphatic heterocycles. The number of carboxylic acids is 1. The Bertz CT molecular complexity index is 4860. The Kier molecular flexibility index (Phi) is 24.1. The predicted molar refractivity (Wildman–Crippen MR) is 393 cm³/mol. The van der Waals surface area contributed by atoms with Crippen molar-refractivity contribution in [2.75, 3.05) is 95.0 Å². The molecule has 9 aromatic rings. The van der Waals surface area contributed by atoms with Crippen molar-refractivity contribution < 1.29 is 64.9 Å². The van der Waals surface area contributed by atoms with Crippen LogP contribution in [0, 0.1) is 0 Å². The minimum Gasteiger partial charge on any atom is -0.497 e. The molecule has 4 aromatic carbocycles. The number of aromatic nitrogens is 8. The Labute approximate surface area is 604 Å². The van der Waals surface area contributed by atoms with Crippen LogP contribution in [0.1, 0.15) is 119 Å². The molecule has 5 N–H and O–H groups in total. The molecule has 0 saturated heterocycles. The van der Waals surface area contributed by atoms with Gasteiger partial charge < -0.3 is 43.0 Å². The van der Waals surface area contributed by atoms with Gasteiger partial charge in [-0.05, 0) is 133 Å². The summed E-state index contributed by atoms with van der Waals surface area (Å²) in [5.41, 5.74) is 11.9. The Morgan fingerprint density at radius 3 is 1.30 bits per heavy atom. The minimum atomic E-state index is -3.78. The first-order chi connectivity index (χ1) is 49.9. The summed E-state index contributed by atoms with van der Waals surface area (Å²) >= 11 is 0. The molecule has 0 radical (unpaired) electrons. The molecule has 4 aliphatic rings. The molecule has 2 amide bonds. The van der Waals surface area contributed by atoms with Gasteiger partial charge in [0.25, 0.3) is 38.1 Å². The highest BCUT2D eigenvalue weighted by molar-refractivity contribution is 7.87. The quantitative estimate of drug-likeness (QED) is 0.0533. The van der Waals surface area contributed by atoms with E-state index in [4.69, 9.17) is 29.2 Å². The van der Waals surface area contributed by atoms with Crippen LogP contribution in [-0.2, 0) is 52.6 Å². The summed E-state index contributed by atoms with van der Waals surface area (Å²) in [6.07, 6.45) is 29.1. The van der Waals surface area contributed by atoms with Crippen LogP contribution in [0.15, 0.2) is 140 Å². The molecule has 13 rings (SSSR count). The zero-order chi connectivity index (χ0) is 74.0. The lowest BCUT2D eigenvalue weighted by atomic mass is 9.81. The van der Waals surface area contributed by atoms with Crippen LogP contribution < -0.4 is 19.8 Å². The van der Waals surface area contributed by atoms with Gasteiger partial charge in [0, 0.05) is 141 Å². The van der Waals surface area contributed by atoms with Gasteiger partial charge in [-0.2, -0.15) is 25.4 Å². The summed E-state index contributed by atoms with van der Waals surface area (Å²) in [6.45, 7) is 2.10. The van der Waals surface area contributed by atoms with Gasteiger partial charge in [0.1, 0.15) is 30.5 Å². The fourth-order valence-corrected chi connectivity index (χ4v) is 14.6. The van der Waals surface area contributed by atoms with E-state index in [0.29, 0.717) is 53.1 Å². The van der Waals surface area contributed by atoms with Gasteiger partial charge in [-0.25, -0.2) is 34.8 Å². The molecule has 0 bridgehead atoms. The predicted octanol–water partition coefficient (Wildman–Crippen LogP) is 8.92. The average molecular weight is 1460 g/mol. The first-order valence-electron chi connectivity index (χ1n) is 34.4. The maximum Gasteiger partial charge on any atom is 0.338 e.